The summed E-state index contributed by atoms with van der Waals surface area (Å²) in [6.45, 7) is 5.37. The number of halogens is 3. The number of rotatable bonds is 5. The van der Waals surface area contributed by atoms with E-state index in [-0.39, 0.29) is 18.6 Å². The summed E-state index contributed by atoms with van der Waals surface area (Å²) in [6.07, 6.45) is -4.67. The lowest BCUT2D eigenvalue weighted by atomic mass is 9.96. The number of nitrogens with zero attached hydrogens (tertiary/aromatic N) is 3. The van der Waals surface area contributed by atoms with Crippen LogP contribution in [0.25, 0.3) is 0 Å². The average molecular weight is 441 g/mol. The number of pyridine rings is 1. The van der Waals surface area contributed by atoms with E-state index in [0.29, 0.717) is 5.88 Å². The molecule has 0 unspecified atom stereocenters. The average Bonchev–Trinajstić information content (AvgIpc) is 3.05. The SMILES string of the molecule is C[C@H]1O[C@H](COc2ccncn2)[C@H](Oc2cccc(C(F)(F)F)n2)[C@H]2OC(C)(C)O[C@H]21. The molecule has 2 aliphatic rings. The molecule has 4 rings (SSSR count). The van der Waals surface area contributed by atoms with Gasteiger partial charge in [0.25, 0.3) is 0 Å². The van der Waals surface area contributed by atoms with Gasteiger partial charge in [-0.2, -0.15) is 13.2 Å². The molecule has 2 aromatic rings. The first kappa shape index (κ1) is 21.7. The molecular weight excluding hydrogens is 419 g/mol. The Bertz CT molecular complexity index is 899. The minimum absolute atomic E-state index is 0.0258. The Morgan fingerprint density at radius 3 is 2.58 bits per heavy atom. The maximum Gasteiger partial charge on any atom is 0.433 e. The minimum Gasteiger partial charge on any atom is -0.475 e. The molecule has 0 spiro atoms. The lowest BCUT2D eigenvalue weighted by Gasteiger charge is -2.40. The van der Waals surface area contributed by atoms with E-state index in [2.05, 4.69) is 15.0 Å². The molecule has 0 N–H and O–H groups in total. The van der Waals surface area contributed by atoms with Crippen molar-refractivity contribution in [3.63, 3.8) is 0 Å². The number of alkyl halides is 3. The van der Waals surface area contributed by atoms with Gasteiger partial charge in [0.1, 0.15) is 36.9 Å². The van der Waals surface area contributed by atoms with Crippen LogP contribution >= 0.6 is 0 Å². The van der Waals surface area contributed by atoms with Gasteiger partial charge < -0.3 is 23.7 Å². The monoisotopic (exact) mass is 441 g/mol. The van der Waals surface area contributed by atoms with Gasteiger partial charge in [-0.25, -0.2) is 15.0 Å². The third-order valence-corrected chi connectivity index (χ3v) is 4.93. The molecule has 168 valence electrons. The summed E-state index contributed by atoms with van der Waals surface area (Å²) in [5.41, 5.74) is -1.05. The number of hydrogen-bond donors (Lipinski definition) is 0. The van der Waals surface area contributed by atoms with Crippen molar-refractivity contribution in [1.29, 1.82) is 0 Å². The molecule has 0 radical (unpaired) electrons. The zero-order valence-corrected chi connectivity index (χ0v) is 17.1. The van der Waals surface area contributed by atoms with E-state index in [1.54, 1.807) is 19.9 Å². The second-order valence-corrected chi connectivity index (χ2v) is 7.74. The van der Waals surface area contributed by atoms with Gasteiger partial charge in [0.15, 0.2) is 11.9 Å². The van der Waals surface area contributed by atoms with Crippen molar-refractivity contribution in [3.8, 4) is 11.8 Å². The predicted molar refractivity (Wildman–Crippen MR) is 99.3 cm³/mol. The highest BCUT2D eigenvalue weighted by Crippen LogP contribution is 2.39. The summed E-state index contributed by atoms with van der Waals surface area (Å²) < 4.78 is 68.8. The summed E-state index contributed by atoms with van der Waals surface area (Å²) >= 11 is 0. The molecule has 0 aromatic carbocycles. The maximum atomic E-state index is 13.1. The Hall–Kier alpha value is -2.50. The normalized spacial score (nSPS) is 29.9. The molecule has 2 aliphatic heterocycles. The Balaban J connectivity index is 1.59. The summed E-state index contributed by atoms with van der Waals surface area (Å²) in [5.74, 6) is -0.775. The molecule has 11 heteroatoms. The molecule has 0 aliphatic carbocycles. The third-order valence-electron chi connectivity index (χ3n) is 4.93. The predicted octanol–water partition coefficient (Wildman–Crippen LogP) is 3.02. The van der Waals surface area contributed by atoms with E-state index in [1.807, 2.05) is 6.92 Å². The van der Waals surface area contributed by atoms with Crippen molar-refractivity contribution in [1.82, 2.24) is 15.0 Å². The van der Waals surface area contributed by atoms with E-state index < -0.39 is 42.1 Å². The fourth-order valence-electron chi connectivity index (χ4n) is 3.66. The Morgan fingerprint density at radius 2 is 1.87 bits per heavy atom. The molecule has 0 bridgehead atoms. The maximum absolute atomic E-state index is 13.1. The second kappa shape index (κ2) is 8.21. The van der Waals surface area contributed by atoms with Crippen LogP contribution in [0.5, 0.6) is 11.8 Å². The zero-order valence-electron chi connectivity index (χ0n) is 17.1. The van der Waals surface area contributed by atoms with Gasteiger partial charge in [-0.3, -0.25) is 0 Å². The van der Waals surface area contributed by atoms with E-state index in [4.69, 9.17) is 23.7 Å². The van der Waals surface area contributed by atoms with E-state index >= 15 is 0 Å². The van der Waals surface area contributed by atoms with Crippen LogP contribution < -0.4 is 9.47 Å². The van der Waals surface area contributed by atoms with Crippen molar-refractivity contribution < 1.29 is 36.9 Å². The summed E-state index contributed by atoms with van der Waals surface area (Å²) in [6, 6.07) is 5.05. The van der Waals surface area contributed by atoms with E-state index in [9.17, 15) is 13.2 Å². The highest BCUT2D eigenvalue weighted by atomic mass is 19.4. The van der Waals surface area contributed by atoms with Crippen molar-refractivity contribution >= 4 is 0 Å². The van der Waals surface area contributed by atoms with E-state index in [0.717, 1.165) is 6.07 Å². The number of aromatic nitrogens is 3. The van der Waals surface area contributed by atoms with Crippen LogP contribution in [-0.4, -0.2) is 57.9 Å². The molecule has 4 heterocycles. The van der Waals surface area contributed by atoms with Crippen LogP contribution in [0, 0.1) is 0 Å². The van der Waals surface area contributed by atoms with Gasteiger partial charge in [0.05, 0.1) is 6.10 Å². The molecular formula is C20H22F3N3O5. The topological polar surface area (TPSA) is 84.8 Å². The number of ether oxygens (including phenoxy) is 5. The number of hydrogen-bond acceptors (Lipinski definition) is 8. The zero-order chi connectivity index (χ0) is 22.2. The van der Waals surface area contributed by atoms with Crippen molar-refractivity contribution in [2.75, 3.05) is 6.61 Å². The molecule has 2 saturated heterocycles. The summed E-state index contributed by atoms with van der Waals surface area (Å²) in [7, 11) is 0. The first-order valence-corrected chi connectivity index (χ1v) is 9.73. The molecule has 8 nitrogen and oxygen atoms in total. The second-order valence-electron chi connectivity index (χ2n) is 7.74. The molecule has 31 heavy (non-hydrogen) atoms. The van der Waals surface area contributed by atoms with Crippen molar-refractivity contribution in [2.24, 2.45) is 0 Å². The summed E-state index contributed by atoms with van der Waals surface area (Å²) in [4.78, 5) is 11.4. The van der Waals surface area contributed by atoms with Gasteiger partial charge in [-0.15, -0.1) is 0 Å². The van der Waals surface area contributed by atoms with Crippen LogP contribution in [0.1, 0.15) is 26.5 Å². The molecule has 2 fully saturated rings. The third kappa shape index (κ3) is 4.89. The van der Waals surface area contributed by atoms with Gasteiger partial charge in [-0.1, -0.05) is 6.07 Å². The molecule has 0 amide bonds. The molecule has 2 aromatic heterocycles. The van der Waals surface area contributed by atoms with Crippen molar-refractivity contribution in [2.45, 2.75) is 63.3 Å². The summed E-state index contributed by atoms with van der Waals surface area (Å²) in [5, 5.41) is 0. The van der Waals surface area contributed by atoms with Gasteiger partial charge in [0.2, 0.25) is 11.8 Å². The quantitative estimate of drug-likeness (QED) is 0.700. The first-order valence-electron chi connectivity index (χ1n) is 9.73. The number of fused-ring (bicyclic) bond motifs is 1. The standard InChI is InChI=1S/C20H22F3N3O5/c1-11-16-18(31-19(2,3)30-16)17(12(28-11)9-27-14-7-8-24-10-25-14)29-15-6-4-5-13(26-15)20(21,22)23/h4-8,10-12,16-18H,9H2,1-3H3/t11-,12-,16+,17+,18+/m1/s1. The van der Waals surface area contributed by atoms with Crippen molar-refractivity contribution in [3.05, 3.63) is 42.5 Å². The van der Waals surface area contributed by atoms with Crippen LogP contribution in [0.2, 0.25) is 0 Å². The lowest BCUT2D eigenvalue weighted by Crippen LogP contribution is -2.59. The highest BCUT2D eigenvalue weighted by molar-refractivity contribution is 5.19. The van der Waals surface area contributed by atoms with Crippen LogP contribution in [0.15, 0.2) is 36.8 Å². The fourth-order valence-corrected chi connectivity index (χ4v) is 3.66. The lowest BCUT2D eigenvalue weighted by molar-refractivity contribution is -0.182. The van der Waals surface area contributed by atoms with Crippen LogP contribution in [0.4, 0.5) is 13.2 Å². The van der Waals surface area contributed by atoms with Gasteiger partial charge >= 0.3 is 6.18 Å². The fraction of sp³-hybridized carbons (Fsp3) is 0.550. The van der Waals surface area contributed by atoms with Crippen LogP contribution in [0.3, 0.4) is 0 Å². The smallest absolute Gasteiger partial charge is 0.433 e. The van der Waals surface area contributed by atoms with Crippen LogP contribution in [-0.2, 0) is 20.4 Å². The van der Waals surface area contributed by atoms with Gasteiger partial charge in [-0.05, 0) is 26.8 Å². The molecule has 0 saturated carbocycles. The Kier molecular flexibility index (Phi) is 5.75. The van der Waals surface area contributed by atoms with Gasteiger partial charge in [0, 0.05) is 18.3 Å². The minimum atomic E-state index is -4.59. The highest BCUT2D eigenvalue weighted by Gasteiger charge is 2.55. The Labute approximate surface area is 176 Å². The first-order chi connectivity index (χ1) is 14.6. The molecule has 5 atom stereocenters. The Morgan fingerprint density at radius 1 is 1.10 bits per heavy atom. The largest absolute Gasteiger partial charge is 0.475 e. The van der Waals surface area contributed by atoms with E-state index in [1.165, 1.54) is 24.7 Å².